The van der Waals surface area contributed by atoms with E-state index in [1.807, 2.05) is 12.3 Å². The fraction of sp³-hybridized carbons (Fsp3) is 0.688. The molecule has 2 aliphatic carbocycles. The van der Waals surface area contributed by atoms with Crippen LogP contribution in [0.4, 0.5) is 0 Å². The van der Waals surface area contributed by atoms with Gasteiger partial charge in [-0.05, 0) is 47.7 Å². The highest BCUT2D eigenvalue weighted by Gasteiger charge is 2.33. The van der Waals surface area contributed by atoms with Gasteiger partial charge in [0.2, 0.25) is 0 Å². The van der Waals surface area contributed by atoms with Crippen LogP contribution in [0.15, 0.2) is 16.7 Å². The molecule has 0 aromatic carbocycles. The van der Waals surface area contributed by atoms with Gasteiger partial charge in [-0.3, -0.25) is 4.79 Å². The fourth-order valence-electron chi connectivity index (χ4n) is 3.33. The minimum Gasteiger partial charge on any atom is -0.396 e. The number of amides is 1. The molecule has 0 bridgehead atoms. The number of carbonyl (C=O) groups excluding carboxylic acids is 1. The van der Waals surface area contributed by atoms with Crippen LogP contribution in [0.25, 0.3) is 0 Å². The topological polar surface area (TPSA) is 54.3 Å². The molecule has 0 spiro atoms. The molecule has 0 unspecified atom stereocenters. The number of rotatable bonds is 5. The zero-order valence-electron chi connectivity index (χ0n) is 12.3. The van der Waals surface area contributed by atoms with Gasteiger partial charge in [-0.25, -0.2) is 0 Å². The lowest BCUT2D eigenvalue weighted by Crippen LogP contribution is -2.41. The Morgan fingerprint density at radius 2 is 2.10 bits per heavy atom. The highest BCUT2D eigenvalue weighted by molar-refractivity contribution is 9.10. The number of halogens is 1. The van der Waals surface area contributed by atoms with E-state index in [2.05, 4.69) is 25.8 Å². The van der Waals surface area contributed by atoms with Crippen molar-refractivity contribution in [3.63, 3.8) is 0 Å². The van der Waals surface area contributed by atoms with Gasteiger partial charge in [0.1, 0.15) is 5.69 Å². The highest BCUT2D eigenvalue weighted by Crippen LogP contribution is 2.38. The first-order valence-electron chi connectivity index (χ1n) is 7.90. The van der Waals surface area contributed by atoms with Crippen molar-refractivity contribution in [2.45, 2.75) is 51.0 Å². The summed E-state index contributed by atoms with van der Waals surface area (Å²) in [6, 6.07) is 2.37. The zero-order chi connectivity index (χ0) is 14.9. The third-order valence-electron chi connectivity index (χ3n) is 4.86. The highest BCUT2D eigenvalue weighted by atomic mass is 79.9. The van der Waals surface area contributed by atoms with Gasteiger partial charge < -0.3 is 15.0 Å². The van der Waals surface area contributed by atoms with Crippen molar-refractivity contribution in [1.82, 2.24) is 9.88 Å². The Hall–Kier alpha value is -0.810. The summed E-state index contributed by atoms with van der Waals surface area (Å²) < 4.78 is 3.03. The number of nitrogens with zero attached hydrogens (tertiary/aromatic N) is 1. The maximum absolute atomic E-state index is 12.5. The molecule has 21 heavy (non-hydrogen) atoms. The molecule has 116 valence electrons. The zero-order valence-corrected chi connectivity index (χ0v) is 13.9. The van der Waals surface area contributed by atoms with Gasteiger partial charge in [-0.1, -0.05) is 19.3 Å². The van der Waals surface area contributed by atoms with Crippen molar-refractivity contribution in [3.05, 3.63) is 22.4 Å². The van der Waals surface area contributed by atoms with Gasteiger partial charge in [0.05, 0.1) is 6.61 Å². The summed E-state index contributed by atoms with van der Waals surface area (Å²) in [5, 5.41) is 12.8. The minimum atomic E-state index is -0.109. The molecule has 2 N–H and O–H groups in total. The number of aliphatic hydroxyl groups is 1. The lowest BCUT2D eigenvalue weighted by atomic mass is 9.74. The molecule has 1 aromatic heterocycles. The van der Waals surface area contributed by atoms with Crippen LogP contribution in [0, 0.1) is 5.41 Å². The van der Waals surface area contributed by atoms with Gasteiger partial charge >= 0.3 is 0 Å². The van der Waals surface area contributed by atoms with Crippen LogP contribution in [0.5, 0.6) is 0 Å². The molecular formula is C16H23BrN2O2. The Bertz CT molecular complexity index is 516. The second-order valence-corrected chi connectivity index (χ2v) is 7.50. The molecule has 2 fully saturated rings. The van der Waals surface area contributed by atoms with Crippen LogP contribution in [-0.2, 0) is 0 Å². The van der Waals surface area contributed by atoms with E-state index < -0.39 is 0 Å². The predicted molar refractivity (Wildman–Crippen MR) is 85.3 cm³/mol. The molecule has 4 nitrogen and oxygen atoms in total. The predicted octanol–water partition coefficient (Wildman–Crippen LogP) is 3.26. The first-order chi connectivity index (χ1) is 10.1. The molecular weight excluding hydrogens is 332 g/mol. The van der Waals surface area contributed by atoms with Crippen LogP contribution >= 0.6 is 15.9 Å². The smallest absolute Gasteiger partial charge is 0.267 e. The largest absolute Gasteiger partial charge is 0.396 e. The summed E-state index contributed by atoms with van der Waals surface area (Å²) >= 11 is 3.46. The van der Waals surface area contributed by atoms with Crippen LogP contribution in [0.3, 0.4) is 0 Å². The quantitative estimate of drug-likeness (QED) is 0.852. The lowest BCUT2D eigenvalue weighted by Gasteiger charge is -2.35. The Labute approximate surface area is 134 Å². The number of hydrogen-bond acceptors (Lipinski definition) is 2. The molecule has 0 aliphatic heterocycles. The lowest BCUT2D eigenvalue weighted by molar-refractivity contribution is 0.0713. The number of nitrogens with one attached hydrogen (secondary N) is 1. The number of carbonyl (C=O) groups is 1. The molecule has 0 radical (unpaired) electrons. The van der Waals surface area contributed by atoms with E-state index >= 15 is 0 Å². The normalized spacial score (nSPS) is 21.2. The summed E-state index contributed by atoms with van der Waals surface area (Å²) in [6.45, 7) is 0.746. The van der Waals surface area contributed by atoms with Gasteiger partial charge in [0.25, 0.3) is 5.91 Å². The Kier molecular flexibility index (Phi) is 4.41. The maximum atomic E-state index is 12.5. The molecule has 0 atom stereocenters. The molecule has 1 aromatic rings. The molecule has 1 amide bonds. The van der Waals surface area contributed by atoms with Crippen LogP contribution in [0.2, 0.25) is 0 Å². The van der Waals surface area contributed by atoms with Crippen molar-refractivity contribution in [2.75, 3.05) is 13.2 Å². The van der Waals surface area contributed by atoms with E-state index in [0.717, 1.165) is 48.7 Å². The van der Waals surface area contributed by atoms with E-state index in [1.165, 1.54) is 6.42 Å². The van der Waals surface area contributed by atoms with Crippen molar-refractivity contribution in [3.8, 4) is 0 Å². The third kappa shape index (κ3) is 3.34. The molecule has 2 saturated carbocycles. The number of aliphatic hydroxyl groups excluding tert-OH is 1. The summed E-state index contributed by atoms with van der Waals surface area (Å²) in [7, 11) is 0. The molecule has 0 saturated heterocycles. The average molecular weight is 355 g/mol. The molecule has 5 heteroatoms. The Morgan fingerprint density at radius 3 is 2.71 bits per heavy atom. The average Bonchev–Trinajstić information content (AvgIpc) is 3.28. The number of hydrogen-bond donors (Lipinski definition) is 2. The second kappa shape index (κ2) is 6.13. The van der Waals surface area contributed by atoms with Crippen LogP contribution in [-0.4, -0.2) is 28.7 Å². The summed E-state index contributed by atoms with van der Waals surface area (Å²) in [6.07, 6.45) is 9.88. The van der Waals surface area contributed by atoms with Crippen molar-refractivity contribution < 1.29 is 9.90 Å². The summed E-state index contributed by atoms with van der Waals surface area (Å²) in [5.41, 5.74) is 0.621. The van der Waals surface area contributed by atoms with Crippen molar-refractivity contribution in [1.29, 1.82) is 0 Å². The van der Waals surface area contributed by atoms with E-state index in [4.69, 9.17) is 0 Å². The fourth-order valence-corrected chi connectivity index (χ4v) is 3.77. The number of aromatic nitrogens is 1. The first kappa shape index (κ1) is 15.1. The van der Waals surface area contributed by atoms with Crippen LogP contribution < -0.4 is 5.32 Å². The monoisotopic (exact) mass is 354 g/mol. The standard InChI is InChI=1S/C16H23BrN2O2/c17-12-8-14(19(9-12)13-4-5-13)15(21)18-10-16(11-20)6-2-1-3-7-16/h8-9,13,20H,1-7,10-11H2,(H,18,21). The first-order valence-corrected chi connectivity index (χ1v) is 8.69. The van der Waals surface area contributed by atoms with Gasteiger partial charge in [0.15, 0.2) is 0 Å². The van der Waals surface area contributed by atoms with Gasteiger partial charge in [-0.15, -0.1) is 0 Å². The Balaban J connectivity index is 1.66. The summed E-state index contributed by atoms with van der Waals surface area (Å²) in [5.74, 6) is -0.0222. The second-order valence-electron chi connectivity index (χ2n) is 6.58. The van der Waals surface area contributed by atoms with E-state index in [1.54, 1.807) is 0 Å². The molecule has 3 rings (SSSR count). The van der Waals surface area contributed by atoms with Gasteiger partial charge in [-0.2, -0.15) is 0 Å². The van der Waals surface area contributed by atoms with Crippen molar-refractivity contribution >= 4 is 21.8 Å². The van der Waals surface area contributed by atoms with E-state index in [-0.39, 0.29) is 17.9 Å². The van der Waals surface area contributed by atoms with E-state index in [0.29, 0.717) is 12.6 Å². The van der Waals surface area contributed by atoms with E-state index in [9.17, 15) is 9.90 Å². The van der Waals surface area contributed by atoms with Gasteiger partial charge in [0, 0.05) is 28.7 Å². The Morgan fingerprint density at radius 1 is 1.38 bits per heavy atom. The van der Waals surface area contributed by atoms with Crippen LogP contribution in [0.1, 0.15) is 61.5 Å². The molecule has 2 aliphatic rings. The minimum absolute atomic E-state index is 0.0222. The van der Waals surface area contributed by atoms with Crippen molar-refractivity contribution in [2.24, 2.45) is 5.41 Å². The SMILES string of the molecule is O=C(NCC1(CO)CCCCC1)c1cc(Br)cn1C1CC1. The summed E-state index contributed by atoms with van der Waals surface area (Å²) in [4.78, 5) is 12.5. The third-order valence-corrected chi connectivity index (χ3v) is 5.30. The maximum Gasteiger partial charge on any atom is 0.267 e. The molecule has 1 heterocycles.